The van der Waals surface area contributed by atoms with Crippen molar-refractivity contribution in [3.63, 3.8) is 0 Å². The number of ether oxygens (including phenoxy) is 1. The average Bonchev–Trinajstić information content (AvgIpc) is 3.21. The highest BCUT2D eigenvalue weighted by atomic mass is 35.5. The van der Waals surface area contributed by atoms with Gasteiger partial charge in [-0.2, -0.15) is 4.98 Å². The molecular formula is C24H20Cl2N4O4. The normalized spacial score (nSPS) is 12.7. The van der Waals surface area contributed by atoms with Crippen molar-refractivity contribution >= 4 is 57.9 Å². The van der Waals surface area contributed by atoms with E-state index in [-0.39, 0.29) is 17.2 Å². The number of amides is 1. The maximum absolute atomic E-state index is 13.2. The lowest BCUT2D eigenvalue weighted by Gasteiger charge is -2.27. The molecule has 1 unspecified atom stereocenters. The maximum Gasteiger partial charge on any atom is 0.337 e. The van der Waals surface area contributed by atoms with Gasteiger partial charge in [0.2, 0.25) is 0 Å². The molecule has 0 aliphatic heterocycles. The van der Waals surface area contributed by atoms with Crippen LogP contribution in [0.25, 0.3) is 11.1 Å². The second-order valence-electron chi connectivity index (χ2n) is 7.68. The molecule has 34 heavy (non-hydrogen) atoms. The van der Waals surface area contributed by atoms with E-state index in [1.54, 1.807) is 61.5 Å². The molecule has 0 bridgehead atoms. The Balaban J connectivity index is 1.60. The van der Waals surface area contributed by atoms with Gasteiger partial charge in [-0.1, -0.05) is 35.3 Å². The largest absolute Gasteiger partial charge is 0.465 e. The molecule has 0 aliphatic rings. The van der Waals surface area contributed by atoms with E-state index in [1.807, 2.05) is 0 Å². The Bertz CT molecular complexity index is 1370. The van der Waals surface area contributed by atoms with Crippen molar-refractivity contribution in [1.82, 2.24) is 10.3 Å². The number of hydrogen-bond donors (Lipinski definition) is 3. The van der Waals surface area contributed by atoms with Gasteiger partial charge in [-0.05, 0) is 61.0 Å². The predicted octanol–water partition coefficient (Wildman–Crippen LogP) is 5.23. The van der Waals surface area contributed by atoms with E-state index in [9.17, 15) is 9.59 Å². The third kappa shape index (κ3) is 4.99. The summed E-state index contributed by atoms with van der Waals surface area (Å²) in [7, 11) is 1.30. The molecule has 0 radical (unpaired) electrons. The summed E-state index contributed by atoms with van der Waals surface area (Å²) in [6, 6.07) is 16.7. The SMILES string of the molecule is COC(=O)c1ccc(C(C)(N)NC(=O)c2cc(Cl)cc3nc(Nc4ccc(Cl)cc4)oc23)cc1. The van der Waals surface area contributed by atoms with Gasteiger partial charge in [-0.25, -0.2) is 4.79 Å². The topological polar surface area (TPSA) is 119 Å². The van der Waals surface area contributed by atoms with Crippen LogP contribution in [0.3, 0.4) is 0 Å². The number of aromatic nitrogens is 1. The van der Waals surface area contributed by atoms with E-state index in [1.165, 1.54) is 13.2 Å². The number of fused-ring (bicyclic) bond motifs is 1. The van der Waals surface area contributed by atoms with Crippen LogP contribution in [0.4, 0.5) is 11.7 Å². The van der Waals surface area contributed by atoms with Gasteiger partial charge in [0.05, 0.1) is 18.2 Å². The Kier molecular flexibility index (Phi) is 6.47. The van der Waals surface area contributed by atoms with Crippen LogP contribution in [-0.2, 0) is 10.4 Å². The minimum atomic E-state index is -1.26. The molecule has 4 rings (SSSR count). The van der Waals surface area contributed by atoms with E-state index < -0.39 is 17.5 Å². The molecule has 10 heteroatoms. The number of hydrogen-bond acceptors (Lipinski definition) is 7. The van der Waals surface area contributed by atoms with Crippen LogP contribution < -0.4 is 16.4 Å². The van der Waals surface area contributed by atoms with Gasteiger partial charge in [0, 0.05) is 15.7 Å². The fourth-order valence-corrected chi connectivity index (χ4v) is 3.66. The Labute approximate surface area is 205 Å². The van der Waals surface area contributed by atoms with E-state index in [2.05, 4.69) is 15.6 Å². The molecule has 1 atom stereocenters. The molecule has 3 aromatic carbocycles. The van der Waals surface area contributed by atoms with E-state index in [0.29, 0.717) is 32.4 Å². The molecule has 174 valence electrons. The summed E-state index contributed by atoms with van der Waals surface area (Å²) in [6.07, 6.45) is 0. The lowest BCUT2D eigenvalue weighted by atomic mass is 10.00. The molecule has 0 saturated carbocycles. The number of benzene rings is 3. The number of anilines is 2. The Morgan fingerprint density at radius 1 is 1.03 bits per heavy atom. The molecule has 0 fully saturated rings. The first-order valence-corrected chi connectivity index (χ1v) is 10.8. The summed E-state index contributed by atoms with van der Waals surface area (Å²) in [6.45, 7) is 1.63. The van der Waals surface area contributed by atoms with Crippen LogP contribution >= 0.6 is 23.2 Å². The molecule has 0 saturated heterocycles. The number of methoxy groups -OCH3 is 1. The van der Waals surface area contributed by atoms with Crippen LogP contribution in [-0.4, -0.2) is 24.0 Å². The maximum atomic E-state index is 13.2. The number of halogens is 2. The summed E-state index contributed by atoms with van der Waals surface area (Å²) >= 11 is 12.2. The second kappa shape index (κ2) is 9.34. The summed E-state index contributed by atoms with van der Waals surface area (Å²) < 4.78 is 10.5. The molecule has 1 amide bonds. The van der Waals surface area contributed by atoms with Gasteiger partial charge in [0.25, 0.3) is 11.9 Å². The minimum Gasteiger partial charge on any atom is -0.465 e. The number of nitrogens with one attached hydrogen (secondary N) is 2. The van der Waals surface area contributed by atoms with Gasteiger partial charge in [-0.3, -0.25) is 4.79 Å². The zero-order valence-corrected chi connectivity index (χ0v) is 19.7. The number of nitrogens with two attached hydrogens (primary N) is 1. The second-order valence-corrected chi connectivity index (χ2v) is 8.55. The van der Waals surface area contributed by atoms with Crippen LogP contribution in [0, 0.1) is 0 Å². The summed E-state index contributed by atoms with van der Waals surface area (Å²) in [5.74, 6) is -0.979. The smallest absolute Gasteiger partial charge is 0.337 e. The van der Waals surface area contributed by atoms with Gasteiger partial charge in [-0.15, -0.1) is 0 Å². The fraction of sp³-hybridized carbons (Fsp3) is 0.125. The zero-order valence-electron chi connectivity index (χ0n) is 18.2. The number of nitrogens with zero attached hydrogens (tertiary/aromatic N) is 1. The fourth-order valence-electron chi connectivity index (χ4n) is 3.32. The molecule has 0 aliphatic carbocycles. The number of esters is 1. The van der Waals surface area contributed by atoms with E-state index in [4.69, 9.17) is 38.1 Å². The predicted molar refractivity (Wildman–Crippen MR) is 131 cm³/mol. The monoisotopic (exact) mass is 498 g/mol. The third-order valence-corrected chi connectivity index (χ3v) is 5.54. The Morgan fingerprint density at radius 2 is 1.71 bits per heavy atom. The standard InChI is InChI=1S/C24H20Cl2N4O4/c1-24(27,14-5-3-13(4-6-14)22(32)33-2)30-21(31)18-11-16(26)12-19-20(18)34-23(29-19)28-17-9-7-15(25)8-10-17/h3-12H,27H2,1-2H3,(H,28,29)(H,30,31). The first-order chi connectivity index (χ1) is 16.2. The minimum absolute atomic E-state index is 0.169. The lowest BCUT2D eigenvalue weighted by molar-refractivity contribution is 0.0600. The number of rotatable bonds is 6. The van der Waals surface area contributed by atoms with E-state index in [0.717, 1.165) is 0 Å². The third-order valence-electron chi connectivity index (χ3n) is 5.07. The first-order valence-electron chi connectivity index (χ1n) is 10.1. The average molecular weight is 499 g/mol. The van der Waals surface area contributed by atoms with Gasteiger partial charge < -0.3 is 25.5 Å². The molecular weight excluding hydrogens is 479 g/mol. The first kappa shape index (κ1) is 23.6. The highest BCUT2D eigenvalue weighted by Gasteiger charge is 2.27. The summed E-state index contributed by atoms with van der Waals surface area (Å²) in [4.78, 5) is 29.2. The summed E-state index contributed by atoms with van der Waals surface area (Å²) in [5, 5.41) is 6.71. The van der Waals surface area contributed by atoms with Gasteiger partial charge >= 0.3 is 5.97 Å². The van der Waals surface area contributed by atoms with Crippen molar-refractivity contribution in [3.8, 4) is 0 Å². The van der Waals surface area contributed by atoms with Gasteiger partial charge in [0.15, 0.2) is 5.58 Å². The van der Waals surface area contributed by atoms with Crippen molar-refractivity contribution in [2.75, 3.05) is 12.4 Å². The molecule has 4 N–H and O–H groups in total. The quantitative estimate of drug-likeness (QED) is 0.246. The highest BCUT2D eigenvalue weighted by Crippen LogP contribution is 2.29. The molecule has 0 spiro atoms. The van der Waals surface area contributed by atoms with Crippen molar-refractivity contribution in [2.24, 2.45) is 5.73 Å². The van der Waals surface area contributed by atoms with Crippen molar-refractivity contribution < 1.29 is 18.7 Å². The number of carbonyl (C=O) groups is 2. The van der Waals surface area contributed by atoms with Gasteiger partial charge in [0.1, 0.15) is 11.2 Å². The Morgan fingerprint density at radius 3 is 2.35 bits per heavy atom. The zero-order chi connectivity index (χ0) is 24.5. The van der Waals surface area contributed by atoms with Crippen molar-refractivity contribution in [2.45, 2.75) is 12.6 Å². The van der Waals surface area contributed by atoms with Crippen molar-refractivity contribution in [3.05, 3.63) is 87.4 Å². The molecule has 4 aromatic rings. The molecule has 8 nitrogen and oxygen atoms in total. The van der Waals surface area contributed by atoms with Crippen molar-refractivity contribution in [1.29, 1.82) is 0 Å². The Hall–Kier alpha value is -3.59. The number of oxazole rings is 1. The summed E-state index contributed by atoms with van der Waals surface area (Å²) in [5.41, 5.74) is 7.59. The van der Waals surface area contributed by atoms with Crippen LogP contribution in [0.15, 0.2) is 65.1 Å². The van der Waals surface area contributed by atoms with E-state index >= 15 is 0 Å². The molecule has 1 aromatic heterocycles. The lowest BCUT2D eigenvalue weighted by Crippen LogP contribution is -2.50. The number of carbonyl (C=O) groups excluding carboxylic acids is 2. The highest BCUT2D eigenvalue weighted by molar-refractivity contribution is 6.32. The molecule has 1 heterocycles. The van der Waals surface area contributed by atoms with Crippen LogP contribution in [0.2, 0.25) is 10.0 Å². The van der Waals surface area contributed by atoms with Crippen LogP contribution in [0.5, 0.6) is 0 Å². The van der Waals surface area contributed by atoms with Crippen LogP contribution in [0.1, 0.15) is 33.2 Å².